The molecule has 1 fully saturated rings. The summed E-state index contributed by atoms with van der Waals surface area (Å²) in [6.07, 6.45) is 3.80. The summed E-state index contributed by atoms with van der Waals surface area (Å²) in [6.45, 7) is 8.85. The first-order valence-corrected chi connectivity index (χ1v) is 12.0. The van der Waals surface area contributed by atoms with Gasteiger partial charge in [0.2, 0.25) is 0 Å². The van der Waals surface area contributed by atoms with Crippen LogP contribution in [0.4, 0.5) is 0 Å². The monoisotopic (exact) mass is 473 g/mol. The second-order valence-corrected chi connectivity index (χ2v) is 10.6. The molecular weight excluding hydrogens is 442 g/mol. The molecule has 0 radical (unpaired) electrons. The van der Waals surface area contributed by atoms with E-state index in [1.807, 2.05) is 11.6 Å². The molecule has 0 unspecified atom stereocenters. The Kier molecular flexibility index (Phi) is 6.56. The summed E-state index contributed by atoms with van der Waals surface area (Å²) in [5.41, 5.74) is 3.15. The van der Waals surface area contributed by atoms with Gasteiger partial charge in [0.05, 0.1) is 22.5 Å². The van der Waals surface area contributed by atoms with Gasteiger partial charge in [0.1, 0.15) is 0 Å². The molecule has 2 aliphatic rings. The molecule has 2 aromatic rings. The molecule has 1 aromatic carbocycles. The lowest BCUT2D eigenvalue weighted by Crippen LogP contribution is -2.41. The first-order chi connectivity index (χ1) is 15.6. The maximum absolute atomic E-state index is 13.1. The van der Waals surface area contributed by atoms with Crippen molar-refractivity contribution in [2.75, 3.05) is 19.8 Å². The Morgan fingerprint density at radius 3 is 2.73 bits per heavy atom. The van der Waals surface area contributed by atoms with Gasteiger partial charge in [0.15, 0.2) is 0 Å². The first kappa shape index (κ1) is 23.8. The highest BCUT2D eigenvalue weighted by molar-refractivity contribution is 6.30. The van der Waals surface area contributed by atoms with E-state index in [1.54, 1.807) is 18.2 Å². The fraction of sp³-hybridized carbons (Fsp3) is 0.560. The van der Waals surface area contributed by atoms with Crippen LogP contribution in [-0.2, 0) is 30.5 Å². The molecule has 1 saturated heterocycles. The third-order valence-corrected chi connectivity index (χ3v) is 7.19. The van der Waals surface area contributed by atoms with Crippen LogP contribution in [0.1, 0.15) is 71.3 Å². The van der Waals surface area contributed by atoms with Crippen LogP contribution in [0, 0.1) is 10.8 Å². The molecule has 0 saturated carbocycles. The number of hydrogen-bond donors (Lipinski definition) is 2. The third-order valence-electron chi connectivity index (χ3n) is 6.96. The van der Waals surface area contributed by atoms with Gasteiger partial charge < -0.3 is 15.2 Å². The lowest BCUT2D eigenvalue weighted by atomic mass is 9.76. The van der Waals surface area contributed by atoms with E-state index in [4.69, 9.17) is 21.4 Å². The molecule has 2 N–H and O–H groups in total. The lowest BCUT2D eigenvalue weighted by Gasteiger charge is -2.36. The molecular formula is C25H32ClN3O4. The third kappa shape index (κ3) is 4.94. The number of carbonyl (C=O) groups excluding carboxylic acids is 1. The van der Waals surface area contributed by atoms with Crippen molar-refractivity contribution in [3.63, 3.8) is 0 Å². The molecule has 3 heterocycles. The fourth-order valence-electron chi connectivity index (χ4n) is 5.20. The van der Waals surface area contributed by atoms with E-state index in [0.29, 0.717) is 55.3 Å². The molecule has 1 aromatic heterocycles. The molecule has 1 amide bonds. The smallest absolute Gasteiger partial charge is 0.335 e. The van der Waals surface area contributed by atoms with Gasteiger partial charge in [-0.1, -0.05) is 32.4 Å². The first-order valence-electron chi connectivity index (χ1n) is 11.6. The number of nitrogens with zero attached hydrogens (tertiary/aromatic N) is 2. The van der Waals surface area contributed by atoms with Gasteiger partial charge >= 0.3 is 5.97 Å². The number of fused-ring (bicyclic) bond motifs is 1. The standard InChI is InChI=1S/C25H32ClN3O4/c1-4-19-21-20(13-25(14-27-22(21)30)7-9-33-10-8-25)29(28-19)15-24(2,3)12-16-11-17(26)5-6-18(16)23(31)32/h5-6,11H,4,7-10,12-15H2,1-3H3,(H,27,30)(H,31,32). The summed E-state index contributed by atoms with van der Waals surface area (Å²) in [4.78, 5) is 24.8. The molecule has 0 bridgehead atoms. The Morgan fingerprint density at radius 2 is 2.06 bits per heavy atom. The van der Waals surface area contributed by atoms with Crippen molar-refractivity contribution in [3.8, 4) is 0 Å². The van der Waals surface area contributed by atoms with Gasteiger partial charge in [0.25, 0.3) is 5.91 Å². The van der Waals surface area contributed by atoms with Gasteiger partial charge in [-0.2, -0.15) is 5.10 Å². The van der Waals surface area contributed by atoms with Crippen molar-refractivity contribution in [1.82, 2.24) is 15.1 Å². The molecule has 8 heteroatoms. The zero-order valence-corrected chi connectivity index (χ0v) is 20.3. The molecule has 2 aliphatic heterocycles. The number of nitrogens with one attached hydrogen (secondary N) is 1. The Hall–Kier alpha value is -2.38. The number of amides is 1. The Balaban J connectivity index is 1.68. The van der Waals surface area contributed by atoms with Crippen LogP contribution < -0.4 is 5.32 Å². The average Bonchev–Trinajstić information content (AvgIpc) is 3.01. The summed E-state index contributed by atoms with van der Waals surface area (Å²) in [6, 6.07) is 4.90. The fourth-order valence-corrected chi connectivity index (χ4v) is 5.39. The van der Waals surface area contributed by atoms with Crippen molar-refractivity contribution in [1.29, 1.82) is 0 Å². The topological polar surface area (TPSA) is 93.5 Å². The molecule has 0 aliphatic carbocycles. The number of aromatic nitrogens is 2. The highest BCUT2D eigenvalue weighted by atomic mass is 35.5. The molecule has 33 heavy (non-hydrogen) atoms. The summed E-state index contributed by atoms with van der Waals surface area (Å²) in [7, 11) is 0. The zero-order chi connectivity index (χ0) is 23.8. The predicted molar refractivity (Wildman–Crippen MR) is 126 cm³/mol. The van der Waals surface area contributed by atoms with Gasteiger partial charge in [-0.3, -0.25) is 9.48 Å². The van der Waals surface area contributed by atoms with Crippen LogP contribution in [0.15, 0.2) is 18.2 Å². The molecule has 0 atom stereocenters. The normalized spacial score (nSPS) is 18.0. The van der Waals surface area contributed by atoms with Gasteiger partial charge in [0, 0.05) is 31.3 Å². The Morgan fingerprint density at radius 1 is 1.33 bits per heavy atom. The van der Waals surface area contributed by atoms with Crippen LogP contribution in [0.3, 0.4) is 0 Å². The van der Waals surface area contributed by atoms with Crippen molar-refractivity contribution in [2.45, 2.75) is 59.4 Å². The van der Waals surface area contributed by atoms with Crippen LogP contribution >= 0.6 is 11.6 Å². The van der Waals surface area contributed by atoms with Crippen molar-refractivity contribution in [3.05, 3.63) is 51.3 Å². The van der Waals surface area contributed by atoms with E-state index in [0.717, 1.165) is 30.7 Å². The summed E-state index contributed by atoms with van der Waals surface area (Å²) < 4.78 is 7.60. The largest absolute Gasteiger partial charge is 0.478 e. The maximum Gasteiger partial charge on any atom is 0.335 e. The van der Waals surface area contributed by atoms with Crippen LogP contribution in [0.25, 0.3) is 0 Å². The highest BCUT2D eigenvalue weighted by Crippen LogP contribution is 2.38. The number of aryl methyl sites for hydroxylation is 1. The summed E-state index contributed by atoms with van der Waals surface area (Å²) >= 11 is 6.18. The molecule has 178 valence electrons. The van der Waals surface area contributed by atoms with E-state index in [1.165, 1.54) is 0 Å². The number of carboxylic acids is 1. The van der Waals surface area contributed by atoms with Crippen molar-refractivity contribution >= 4 is 23.5 Å². The van der Waals surface area contributed by atoms with Crippen molar-refractivity contribution in [2.24, 2.45) is 10.8 Å². The highest BCUT2D eigenvalue weighted by Gasteiger charge is 2.40. The minimum atomic E-state index is -0.961. The number of rotatable bonds is 6. The van der Waals surface area contributed by atoms with E-state index in [2.05, 4.69) is 19.2 Å². The number of carboxylic acid groups (broad SMARTS) is 1. The van der Waals surface area contributed by atoms with E-state index >= 15 is 0 Å². The van der Waals surface area contributed by atoms with Gasteiger partial charge in [-0.05, 0) is 66.7 Å². The molecule has 7 nitrogen and oxygen atoms in total. The Bertz CT molecular complexity index is 1070. The van der Waals surface area contributed by atoms with Gasteiger partial charge in [-0.25, -0.2) is 4.79 Å². The number of ether oxygens (including phenoxy) is 1. The van der Waals surface area contributed by atoms with Crippen LogP contribution in [-0.4, -0.2) is 46.5 Å². The molecule has 1 spiro atoms. The molecule has 4 rings (SSSR count). The van der Waals surface area contributed by atoms with Gasteiger partial charge in [-0.15, -0.1) is 0 Å². The number of aromatic carboxylic acids is 1. The number of hydrogen-bond acceptors (Lipinski definition) is 4. The summed E-state index contributed by atoms with van der Waals surface area (Å²) in [5.74, 6) is -1.01. The van der Waals surface area contributed by atoms with E-state index in [-0.39, 0.29) is 22.3 Å². The SMILES string of the molecule is CCc1nn(CC(C)(C)Cc2cc(Cl)ccc2C(=O)O)c2c1C(=O)NCC1(CCOCC1)C2. The number of benzene rings is 1. The lowest BCUT2D eigenvalue weighted by molar-refractivity contribution is 0.0150. The second kappa shape index (κ2) is 9.11. The quantitative estimate of drug-likeness (QED) is 0.657. The minimum Gasteiger partial charge on any atom is -0.478 e. The predicted octanol–water partition coefficient (Wildman–Crippen LogP) is 4.15. The Labute approximate surface area is 199 Å². The van der Waals surface area contributed by atoms with Crippen molar-refractivity contribution < 1.29 is 19.4 Å². The average molecular weight is 474 g/mol. The van der Waals surface area contributed by atoms with Crippen LogP contribution in [0.2, 0.25) is 5.02 Å². The maximum atomic E-state index is 13.1. The number of carbonyl (C=O) groups is 2. The van der Waals surface area contributed by atoms with Crippen LogP contribution in [0.5, 0.6) is 0 Å². The minimum absolute atomic E-state index is 0.0183. The van der Waals surface area contributed by atoms with E-state index in [9.17, 15) is 14.7 Å². The zero-order valence-electron chi connectivity index (χ0n) is 19.5. The van der Waals surface area contributed by atoms with E-state index < -0.39 is 5.97 Å². The second-order valence-electron chi connectivity index (χ2n) is 10.2. The summed E-state index contributed by atoms with van der Waals surface area (Å²) in [5, 5.41) is 18.2. The number of halogens is 1.